The Morgan fingerprint density at radius 2 is 1.81 bits per heavy atom. The van der Waals surface area contributed by atoms with Crippen LogP contribution in [0.5, 0.6) is 0 Å². The van der Waals surface area contributed by atoms with Crippen molar-refractivity contribution in [2.45, 2.75) is 70.8 Å². The highest BCUT2D eigenvalue weighted by atomic mass is 15.1. The van der Waals surface area contributed by atoms with E-state index in [0.29, 0.717) is 11.8 Å². The predicted molar refractivity (Wildman–Crippen MR) is 104 cm³/mol. The summed E-state index contributed by atoms with van der Waals surface area (Å²) in [5, 5.41) is 0. The molecule has 26 heavy (non-hydrogen) atoms. The minimum Gasteiger partial charge on any atom is -0.308 e. The molecule has 0 amide bonds. The minimum atomic E-state index is 0.606. The number of nitrogens with zero attached hydrogens (tertiary/aromatic N) is 4. The number of pyridine rings is 2. The van der Waals surface area contributed by atoms with E-state index in [1.807, 2.05) is 0 Å². The lowest BCUT2D eigenvalue weighted by molar-refractivity contribution is 0.691. The van der Waals surface area contributed by atoms with E-state index in [-0.39, 0.29) is 0 Å². The lowest BCUT2D eigenvalue weighted by Crippen LogP contribution is -2.06. The molecule has 3 heterocycles. The number of imidazole rings is 1. The van der Waals surface area contributed by atoms with Gasteiger partial charge in [-0.05, 0) is 62.8 Å². The van der Waals surface area contributed by atoms with Crippen molar-refractivity contribution in [1.82, 2.24) is 19.5 Å². The van der Waals surface area contributed by atoms with Gasteiger partial charge in [-0.15, -0.1) is 0 Å². The normalized spacial score (nSPS) is 18.1. The fraction of sp³-hybridized carbons (Fsp3) is 0.500. The average Bonchev–Trinajstić information content (AvgIpc) is 3.20. The van der Waals surface area contributed by atoms with Crippen LogP contribution in [0.3, 0.4) is 0 Å². The van der Waals surface area contributed by atoms with Crippen LogP contribution in [0.1, 0.15) is 78.7 Å². The molecule has 0 radical (unpaired) electrons. The second kappa shape index (κ2) is 6.19. The Balaban J connectivity index is 1.51. The van der Waals surface area contributed by atoms with Crippen molar-refractivity contribution in [3.05, 3.63) is 52.7 Å². The van der Waals surface area contributed by atoms with Gasteiger partial charge in [-0.2, -0.15) is 0 Å². The van der Waals surface area contributed by atoms with Gasteiger partial charge in [0.05, 0.1) is 6.54 Å². The first-order valence-electron chi connectivity index (χ1n) is 9.98. The zero-order valence-corrected chi connectivity index (χ0v) is 15.7. The molecule has 3 aromatic rings. The second-order valence-corrected chi connectivity index (χ2v) is 8.16. The Bertz CT molecular complexity index is 944. The molecule has 2 saturated carbocycles. The van der Waals surface area contributed by atoms with Gasteiger partial charge in [0.15, 0.2) is 5.65 Å². The highest BCUT2D eigenvalue weighted by molar-refractivity contribution is 5.76. The minimum absolute atomic E-state index is 0.606. The number of aryl methyl sites for hydroxylation is 2. The zero-order valence-electron chi connectivity index (χ0n) is 15.7. The number of aromatic nitrogens is 4. The third-order valence-electron chi connectivity index (χ3n) is 5.96. The summed E-state index contributed by atoms with van der Waals surface area (Å²) in [5.74, 6) is 2.49. The summed E-state index contributed by atoms with van der Waals surface area (Å²) in [7, 11) is 0. The molecule has 0 atom stereocenters. The molecule has 0 N–H and O–H groups in total. The molecular weight excluding hydrogens is 320 g/mol. The van der Waals surface area contributed by atoms with Crippen molar-refractivity contribution in [2.75, 3.05) is 0 Å². The van der Waals surface area contributed by atoms with E-state index < -0.39 is 0 Å². The first kappa shape index (κ1) is 16.0. The molecule has 5 rings (SSSR count). The second-order valence-electron chi connectivity index (χ2n) is 8.16. The van der Waals surface area contributed by atoms with Gasteiger partial charge in [0, 0.05) is 29.4 Å². The topological polar surface area (TPSA) is 43.6 Å². The fourth-order valence-corrected chi connectivity index (χ4v) is 4.40. The SMILES string of the molecule is Cc1cc(C)c2nc(C3CC3)n(Cc3ccc(C4CCCC4)nc3)c2n1. The summed E-state index contributed by atoms with van der Waals surface area (Å²) in [6.45, 7) is 5.03. The first-order chi connectivity index (χ1) is 12.7. The maximum Gasteiger partial charge on any atom is 0.160 e. The van der Waals surface area contributed by atoms with E-state index in [2.05, 4.69) is 42.8 Å². The quantitative estimate of drug-likeness (QED) is 0.666. The number of rotatable bonds is 4. The molecule has 0 aliphatic heterocycles. The highest BCUT2D eigenvalue weighted by Gasteiger charge is 2.30. The Labute approximate surface area is 154 Å². The van der Waals surface area contributed by atoms with Crippen LogP contribution in [0.25, 0.3) is 11.2 Å². The van der Waals surface area contributed by atoms with E-state index in [1.165, 1.54) is 61.2 Å². The van der Waals surface area contributed by atoms with Crippen molar-refractivity contribution in [1.29, 1.82) is 0 Å². The van der Waals surface area contributed by atoms with Crippen molar-refractivity contribution in [2.24, 2.45) is 0 Å². The van der Waals surface area contributed by atoms with Crippen LogP contribution in [0, 0.1) is 13.8 Å². The lowest BCUT2D eigenvalue weighted by atomic mass is 10.0. The molecule has 4 nitrogen and oxygen atoms in total. The highest BCUT2D eigenvalue weighted by Crippen LogP contribution is 2.41. The van der Waals surface area contributed by atoms with Gasteiger partial charge in [-0.3, -0.25) is 4.98 Å². The third kappa shape index (κ3) is 2.81. The van der Waals surface area contributed by atoms with E-state index in [9.17, 15) is 0 Å². The number of fused-ring (bicyclic) bond motifs is 1. The van der Waals surface area contributed by atoms with Crippen LogP contribution >= 0.6 is 0 Å². The molecule has 0 unspecified atom stereocenters. The van der Waals surface area contributed by atoms with Gasteiger partial charge in [0.25, 0.3) is 0 Å². The van der Waals surface area contributed by atoms with E-state index >= 15 is 0 Å². The van der Waals surface area contributed by atoms with E-state index in [1.54, 1.807) is 0 Å². The predicted octanol–water partition coefficient (Wildman–Crippen LogP) is 5.03. The van der Waals surface area contributed by atoms with Crippen molar-refractivity contribution >= 4 is 11.2 Å². The van der Waals surface area contributed by atoms with Crippen molar-refractivity contribution in [3.8, 4) is 0 Å². The average molecular weight is 346 g/mol. The van der Waals surface area contributed by atoms with E-state index in [0.717, 1.165) is 23.4 Å². The first-order valence-corrected chi connectivity index (χ1v) is 9.98. The smallest absolute Gasteiger partial charge is 0.160 e. The molecule has 0 saturated heterocycles. The lowest BCUT2D eigenvalue weighted by Gasteiger charge is -2.11. The maximum atomic E-state index is 4.97. The largest absolute Gasteiger partial charge is 0.308 e. The van der Waals surface area contributed by atoms with Crippen LogP contribution in [-0.2, 0) is 6.54 Å². The van der Waals surface area contributed by atoms with Crippen LogP contribution < -0.4 is 0 Å². The summed E-state index contributed by atoms with van der Waals surface area (Å²) >= 11 is 0. The summed E-state index contributed by atoms with van der Waals surface area (Å²) in [6.07, 6.45) is 9.87. The summed E-state index contributed by atoms with van der Waals surface area (Å²) in [4.78, 5) is 14.6. The van der Waals surface area contributed by atoms with Crippen LogP contribution in [0.15, 0.2) is 24.4 Å². The summed E-state index contributed by atoms with van der Waals surface area (Å²) < 4.78 is 2.33. The van der Waals surface area contributed by atoms with Crippen molar-refractivity contribution < 1.29 is 0 Å². The summed E-state index contributed by atoms with van der Waals surface area (Å²) in [5.41, 5.74) is 6.90. The monoisotopic (exact) mass is 346 g/mol. The fourth-order valence-electron chi connectivity index (χ4n) is 4.40. The summed E-state index contributed by atoms with van der Waals surface area (Å²) in [6, 6.07) is 6.63. The number of hydrogen-bond donors (Lipinski definition) is 0. The molecule has 4 heteroatoms. The van der Waals surface area contributed by atoms with Crippen LogP contribution in [-0.4, -0.2) is 19.5 Å². The van der Waals surface area contributed by atoms with Crippen LogP contribution in [0.2, 0.25) is 0 Å². The number of hydrogen-bond acceptors (Lipinski definition) is 3. The molecule has 0 spiro atoms. The molecule has 2 aliphatic rings. The molecule has 3 aromatic heterocycles. The maximum absolute atomic E-state index is 4.97. The molecule has 0 aromatic carbocycles. The Morgan fingerprint density at radius 1 is 1.00 bits per heavy atom. The zero-order chi connectivity index (χ0) is 17.7. The third-order valence-corrected chi connectivity index (χ3v) is 5.96. The molecule has 134 valence electrons. The molecule has 2 fully saturated rings. The standard InChI is InChI=1S/C22H26N4/c1-14-11-15(2)24-22-20(14)25-21(18-8-9-18)26(22)13-16-7-10-19(23-12-16)17-5-3-4-6-17/h7,10-12,17-18H,3-6,8-9,13H2,1-2H3. The van der Waals surface area contributed by atoms with Gasteiger partial charge in [-0.1, -0.05) is 18.9 Å². The molecule has 0 bridgehead atoms. The van der Waals surface area contributed by atoms with Crippen molar-refractivity contribution in [3.63, 3.8) is 0 Å². The van der Waals surface area contributed by atoms with Gasteiger partial charge in [0.1, 0.15) is 11.3 Å². The van der Waals surface area contributed by atoms with Gasteiger partial charge < -0.3 is 4.57 Å². The molecule has 2 aliphatic carbocycles. The van der Waals surface area contributed by atoms with Crippen LogP contribution in [0.4, 0.5) is 0 Å². The Morgan fingerprint density at radius 3 is 2.50 bits per heavy atom. The Kier molecular flexibility index (Phi) is 3.80. The van der Waals surface area contributed by atoms with Gasteiger partial charge in [0.2, 0.25) is 0 Å². The van der Waals surface area contributed by atoms with Gasteiger partial charge in [-0.25, -0.2) is 9.97 Å². The van der Waals surface area contributed by atoms with E-state index in [4.69, 9.17) is 15.0 Å². The Hall–Kier alpha value is -2.23. The van der Waals surface area contributed by atoms with Gasteiger partial charge >= 0.3 is 0 Å². The molecular formula is C22H26N4.